The van der Waals surface area contributed by atoms with E-state index in [-0.39, 0.29) is 37.9 Å². The molecule has 0 aromatic heterocycles. The normalized spacial score (nSPS) is 20.1. The third-order valence-corrected chi connectivity index (χ3v) is 16.1. The van der Waals surface area contributed by atoms with Gasteiger partial charge in [-0.3, -0.25) is 0 Å². The van der Waals surface area contributed by atoms with Crippen LogP contribution in [0.1, 0.15) is 192 Å². The van der Waals surface area contributed by atoms with Crippen LogP contribution >= 0.6 is 0 Å². The van der Waals surface area contributed by atoms with Gasteiger partial charge in [0.15, 0.2) is 0 Å². The van der Waals surface area contributed by atoms with E-state index in [0.29, 0.717) is 0 Å². The van der Waals surface area contributed by atoms with Gasteiger partial charge in [-0.25, -0.2) is 0 Å². The molecule has 0 saturated heterocycles. The van der Waals surface area contributed by atoms with Crippen LogP contribution in [0.5, 0.6) is 0 Å². The molecular formula is C60H78N2. The molecular weight excluding hydrogens is 749 g/mol. The zero-order valence-electron chi connectivity index (χ0n) is 41.8. The number of rotatable bonds is 6. The second-order valence-electron chi connectivity index (χ2n) is 24.9. The first-order chi connectivity index (χ1) is 28.6. The number of aryl methyl sites for hydroxylation is 2. The average Bonchev–Trinajstić information content (AvgIpc) is 3.17. The van der Waals surface area contributed by atoms with Crippen molar-refractivity contribution in [2.75, 3.05) is 10.2 Å². The minimum atomic E-state index is 0.0159. The number of nitrogens with one attached hydrogen (secondary N) is 1. The number of hydrogen-bond donors (Lipinski definition) is 1. The van der Waals surface area contributed by atoms with Gasteiger partial charge in [0.05, 0.1) is 11.4 Å². The molecule has 0 bridgehead atoms. The van der Waals surface area contributed by atoms with Gasteiger partial charge >= 0.3 is 0 Å². The summed E-state index contributed by atoms with van der Waals surface area (Å²) >= 11 is 0. The van der Waals surface area contributed by atoms with Crippen LogP contribution in [0.2, 0.25) is 0 Å². The highest BCUT2D eigenvalue weighted by atomic mass is 15.2. The zero-order valence-corrected chi connectivity index (χ0v) is 41.8. The van der Waals surface area contributed by atoms with Gasteiger partial charge in [0.1, 0.15) is 0 Å². The molecule has 2 heteroatoms. The highest BCUT2D eigenvalue weighted by Crippen LogP contribution is 2.56. The van der Waals surface area contributed by atoms with Crippen molar-refractivity contribution >= 4 is 28.4 Å². The van der Waals surface area contributed by atoms with Crippen molar-refractivity contribution in [3.63, 3.8) is 0 Å². The third-order valence-electron chi connectivity index (χ3n) is 16.1. The Morgan fingerprint density at radius 3 is 1.44 bits per heavy atom. The lowest BCUT2D eigenvalue weighted by atomic mass is 9.62. The predicted molar refractivity (Wildman–Crippen MR) is 270 cm³/mol. The van der Waals surface area contributed by atoms with Gasteiger partial charge in [-0.1, -0.05) is 140 Å². The van der Waals surface area contributed by atoms with Crippen molar-refractivity contribution in [3.8, 4) is 11.1 Å². The maximum Gasteiger partial charge on any atom is 0.0502 e. The van der Waals surface area contributed by atoms with Crippen molar-refractivity contribution in [3.05, 3.63) is 135 Å². The van der Waals surface area contributed by atoms with Crippen LogP contribution in [0.3, 0.4) is 0 Å². The van der Waals surface area contributed by atoms with Crippen LogP contribution < -0.4 is 10.2 Å². The fraction of sp³-hybridized carbons (Fsp3) is 0.500. The van der Waals surface area contributed by atoms with Crippen LogP contribution in [0.4, 0.5) is 28.4 Å². The van der Waals surface area contributed by atoms with E-state index >= 15 is 0 Å². The number of fused-ring (bicyclic) bond motifs is 3. The summed E-state index contributed by atoms with van der Waals surface area (Å²) in [5.74, 6) is 0. The fourth-order valence-corrected chi connectivity index (χ4v) is 11.7. The van der Waals surface area contributed by atoms with Gasteiger partial charge in [-0.05, 0) is 194 Å². The Morgan fingerprint density at radius 2 is 0.935 bits per heavy atom. The Hall–Kier alpha value is -4.30. The van der Waals surface area contributed by atoms with Crippen LogP contribution in [0, 0.1) is 13.8 Å². The van der Waals surface area contributed by atoms with Gasteiger partial charge < -0.3 is 10.2 Å². The minimum absolute atomic E-state index is 0.0159. The van der Waals surface area contributed by atoms with Gasteiger partial charge in [0.25, 0.3) is 0 Å². The van der Waals surface area contributed by atoms with Gasteiger partial charge in [-0.15, -0.1) is 0 Å². The average molecular weight is 827 g/mol. The molecule has 8 rings (SSSR count). The van der Waals surface area contributed by atoms with Crippen molar-refractivity contribution in [2.45, 2.75) is 194 Å². The number of anilines is 5. The second kappa shape index (κ2) is 14.6. The van der Waals surface area contributed by atoms with E-state index in [1.807, 2.05) is 0 Å². The Balaban J connectivity index is 1.36. The van der Waals surface area contributed by atoms with Crippen LogP contribution in [0.25, 0.3) is 11.1 Å². The fourth-order valence-electron chi connectivity index (χ4n) is 11.7. The monoisotopic (exact) mass is 827 g/mol. The summed E-state index contributed by atoms with van der Waals surface area (Å²) in [4.78, 5) is 2.67. The summed E-state index contributed by atoms with van der Waals surface area (Å²) in [6, 6.07) is 33.8. The molecule has 2 nitrogen and oxygen atoms in total. The van der Waals surface area contributed by atoms with E-state index in [9.17, 15) is 0 Å². The molecule has 0 amide bonds. The van der Waals surface area contributed by atoms with Crippen molar-refractivity contribution in [1.29, 1.82) is 0 Å². The zero-order chi connectivity index (χ0) is 45.2. The topological polar surface area (TPSA) is 15.3 Å². The first kappa shape index (κ1) is 44.3. The van der Waals surface area contributed by atoms with Gasteiger partial charge in [-0.2, -0.15) is 0 Å². The first-order valence-electron chi connectivity index (χ1n) is 23.9. The van der Waals surface area contributed by atoms with Crippen molar-refractivity contribution in [2.24, 2.45) is 0 Å². The molecule has 0 fully saturated rings. The maximum atomic E-state index is 4.09. The smallest absolute Gasteiger partial charge is 0.0502 e. The predicted octanol–water partition coefficient (Wildman–Crippen LogP) is 17.5. The van der Waals surface area contributed by atoms with Crippen LogP contribution in [0.15, 0.2) is 84.9 Å². The van der Waals surface area contributed by atoms with E-state index in [2.05, 4.69) is 213 Å². The van der Waals surface area contributed by atoms with Gasteiger partial charge in [0.2, 0.25) is 0 Å². The summed E-state index contributed by atoms with van der Waals surface area (Å²) in [6.45, 7) is 41.1. The molecule has 1 N–H and O–H groups in total. The van der Waals surface area contributed by atoms with E-state index in [0.717, 1.165) is 24.2 Å². The SMILES string of the molecule is Cc1cc(Nc2ccc(C(C)(C)C)cc2-c2cc3c(cc2C)C(C)(C)CCC3(C)C)cc(N(c2cccc3c2C(C)(C)CCC3(C)C)c2cccc3c2C(C)(C)CCC3(C)C)c1. The molecule has 0 atom stereocenters. The molecule has 5 aromatic carbocycles. The molecule has 5 aromatic rings. The highest BCUT2D eigenvalue weighted by molar-refractivity contribution is 5.88. The Kier molecular flexibility index (Phi) is 10.4. The van der Waals surface area contributed by atoms with Crippen LogP contribution in [-0.2, 0) is 37.9 Å². The quantitative estimate of drug-likeness (QED) is 0.183. The molecule has 0 unspecified atom stereocenters. The summed E-state index contributed by atoms with van der Waals surface area (Å²) in [5, 5.41) is 4.09. The third kappa shape index (κ3) is 7.64. The lowest BCUT2D eigenvalue weighted by Gasteiger charge is -2.47. The lowest BCUT2D eigenvalue weighted by Crippen LogP contribution is -2.37. The van der Waals surface area contributed by atoms with E-state index in [1.54, 1.807) is 0 Å². The van der Waals surface area contributed by atoms with E-state index < -0.39 is 0 Å². The number of nitrogens with zero attached hydrogens (tertiary/aromatic N) is 1. The second-order valence-corrected chi connectivity index (χ2v) is 24.9. The minimum Gasteiger partial charge on any atom is -0.355 e. The standard InChI is InChI=1S/C60H78N2/c1-38-32-41(61-49-25-24-40(54(3,4)5)35-44(49)43-37-48-47(34-39(43)2)57(10,11)26-27-58(48,12)13)36-42(33-38)62(50-22-18-20-45-52(50)59(14,15)30-28-55(45,6)7)51-23-19-21-46-53(51)60(16,17)31-29-56(46,8)9/h18-25,32-37,61H,26-31H2,1-17H3. The largest absolute Gasteiger partial charge is 0.355 e. The van der Waals surface area contributed by atoms with E-state index in [4.69, 9.17) is 0 Å². The summed E-state index contributed by atoms with van der Waals surface area (Å²) in [6.07, 6.45) is 7.11. The maximum absolute atomic E-state index is 4.09. The molecule has 0 aliphatic heterocycles. The van der Waals surface area contributed by atoms with Crippen molar-refractivity contribution in [1.82, 2.24) is 0 Å². The summed E-state index contributed by atoms with van der Waals surface area (Å²) < 4.78 is 0. The number of hydrogen-bond acceptors (Lipinski definition) is 2. The molecule has 0 spiro atoms. The molecule has 3 aliphatic rings. The van der Waals surface area contributed by atoms with E-state index in [1.165, 1.54) is 104 Å². The summed E-state index contributed by atoms with van der Waals surface area (Å²) in [7, 11) is 0. The highest BCUT2D eigenvalue weighted by Gasteiger charge is 2.43. The molecule has 0 saturated carbocycles. The molecule has 0 heterocycles. The molecule has 3 aliphatic carbocycles. The first-order valence-corrected chi connectivity index (χ1v) is 23.9. The van der Waals surface area contributed by atoms with Crippen LogP contribution in [-0.4, -0.2) is 0 Å². The Morgan fingerprint density at radius 1 is 0.468 bits per heavy atom. The molecule has 0 radical (unpaired) electrons. The summed E-state index contributed by atoms with van der Waals surface area (Å²) in [5.41, 5.74) is 22.2. The Labute approximate surface area is 377 Å². The molecule has 328 valence electrons. The number of benzene rings is 5. The molecule has 62 heavy (non-hydrogen) atoms. The lowest BCUT2D eigenvalue weighted by molar-refractivity contribution is 0.331. The Bertz CT molecular complexity index is 2480. The van der Waals surface area contributed by atoms with Gasteiger partial charge in [0, 0.05) is 22.6 Å². The van der Waals surface area contributed by atoms with Crippen molar-refractivity contribution < 1.29 is 0 Å².